The maximum atomic E-state index is 5.68. The fraction of sp³-hybridized carbons (Fsp3) is 0.417. The lowest BCUT2D eigenvalue weighted by molar-refractivity contribution is 0.518. The largest absolute Gasteiger partial charge is 0.271 e. The average molecular weight is 376 g/mol. The third kappa shape index (κ3) is 3.11. The van der Waals surface area contributed by atoms with Gasteiger partial charge in [-0.1, -0.05) is 0 Å². The van der Waals surface area contributed by atoms with E-state index in [-0.39, 0.29) is 6.04 Å². The van der Waals surface area contributed by atoms with Crippen LogP contribution in [0.5, 0.6) is 0 Å². The summed E-state index contributed by atoms with van der Waals surface area (Å²) in [6.45, 7) is 5.02. The van der Waals surface area contributed by atoms with Crippen LogP contribution in [0.4, 0.5) is 0 Å². The molecule has 0 bridgehead atoms. The number of hydrogen-bond donors (Lipinski definition) is 2. The Labute approximate surface area is 125 Å². The highest BCUT2D eigenvalue weighted by atomic mass is 127. The van der Waals surface area contributed by atoms with Crippen molar-refractivity contribution in [3.05, 3.63) is 37.3 Å². The van der Waals surface area contributed by atoms with Gasteiger partial charge >= 0.3 is 0 Å². The van der Waals surface area contributed by atoms with Gasteiger partial charge in [0.05, 0.1) is 14.6 Å². The quantitative estimate of drug-likeness (QED) is 0.479. The Bertz CT molecular complexity index is 520. The van der Waals surface area contributed by atoms with Crippen LogP contribution in [0.1, 0.15) is 29.9 Å². The van der Waals surface area contributed by atoms with Gasteiger partial charge in [0, 0.05) is 18.7 Å². The Morgan fingerprint density at radius 2 is 2.33 bits per heavy atom. The first-order valence-electron chi connectivity index (χ1n) is 5.87. The van der Waals surface area contributed by atoms with Crippen molar-refractivity contribution in [3.8, 4) is 0 Å². The zero-order valence-corrected chi connectivity index (χ0v) is 13.5. The van der Waals surface area contributed by atoms with E-state index in [9.17, 15) is 0 Å². The lowest BCUT2D eigenvalue weighted by Crippen LogP contribution is -2.30. The summed E-state index contributed by atoms with van der Waals surface area (Å²) in [5.74, 6) is 5.68. The SMILES string of the molecule is CCn1nc(C)cc1CC(NN)c1csc(I)c1. The van der Waals surface area contributed by atoms with E-state index in [1.54, 1.807) is 11.3 Å². The summed E-state index contributed by atoms with van der Waals surface area (Å²) in [6.07, 6.45) is 0.859. The maximum absolute atomic E-state index is 5.68. The smallest absolute Gasteiger partial charge is 0.0656 e. The third-order valence-corrected chi connectivity index (χ3v) is 4.70. The van der Waals surface area contributed by atoms with Crippen molar-refractivity contribution in [1.82, 2.24) is 15.2 Å². The van der Waals surface area contributed by atoms with Gasteiger partial charge in [-0.25, -0.2) is 0 Å². The van der Waals surface area contributed by atoms with Gasteiger partial charge in [0.25, 0.3) is 0 Å². The molecule has 0 spiro atoms. The topological polar surface area (TPSA) is 55.9 Å². The normalized spacial score (nSPS) is 12.9. The number of aromatic nitrogens is 2. The highest BCUT2D eigenvalue weighted by Crippen LogP contribution is 2.24. The van der Waals surface area contributed by atoms with E-state index >= 15 is 0 Å². The lowest BCUT2D eigenvalue weighted by Gasteiger charge is -2.15. The van der Waals surface area contributed by atoms with Crippen LogP contribution in [0, 0.1) is 9.81 Å². The van der Waals surface area contributed by atoms with Crippen molar-refractivity contribution in [2.24, 2.45) is 5.84 Å². The molecule has 0 aromatic carbocycles. The first-order valence-corrected chi connectivity index (χ1v) is 7.83. The molecule has 0 saturated carbocycles. The van der Waals surface area contributed by atoms with Gasteiger partial charge in [-0.3, -0.25) is 16.0 Å². The molecule has 18 heavy (non-hydrogen) atoms. The van der Waals surface area contributed by atoms with E-state index in [1.165, 1.54) is 14.1 Å². The molecular formula is C12H17IN4S. The number of rotatable bonds is 5. The van der Waals surface area contributed by atoms with Crippen molar-refractivity contribution in [3.63, 3.8) is 0 Å². The van der Waals surface area contributed by atoms with E-state index < -0.39 is 0 Å². The van der Waals surface area contributed by atoms with Crippen molar-refractivity contribution in [2.45, 2.75) is 32.9 Å². The second kappa shape index (κ2) is 6.14. The lowest BCUT2D eigenvalue weighted by atomic mass is 10.1. The second-order valence-corrected chi connectivity index (χ2v) is 7.01. The zero-order valence-electron chi connectivity index (χ0n) is 10.5. The molecule has 3 N–H and O–H groups in total. The van der Waals surface area contributed by atoms with Crippen molar-refractivity contribution in [1.29, 1.82) is 0 Å². The van der Waals surface area contributed by atoms with Crippen LogP contribution in [0.15, 0.2) is 17.5 Å². The second-order valence-electron chi connectivity index (χ2n) is 4.20. The molecule has 0 fully saturated rings. The first kappa shape index (κ1) is 14.0. The predicted octanol–water partition coefficient (Wildman–Crippen LogP) is 2.62. The fourth-order valence-electron chi connectivity index (χ4n) is 2.03. The summed E-state index contributed by atoms with van der Waals surface area (Å²) in [7, 11) is 0. The van der Waals surface area contributed by atoms with E-state index in [4.69, 9.17) is 5.84 Å². The van der Waals surface area contributed by atoms with Gasteiger partial charge in [0.2, 0.25) is 0 Å². The van der Waals surface area contributed by atoms with Crippen molar-refractivity contribution >= 4 is 33.9 Å². The number of hydrazine groups is 1. The minimum absolute atomic E-state index is 0.145. The molecule has 2 rings (SSSR count). The molecule has 1 atom stereocenters. The predicted molar refractivity (Wildman–Crippen MR) is 83.4 cm³/mol. The minimum Gasteiger partial charge on any atom is -0.271 e. The van der Waals surface area contributed by atoms with Gasteiger partial charge in [0.1, 0.15) is 0 Å². The highest BCUT2D eigenvalue weighted by molar-refractivity contribution is 14.1. The molecule has 0 aliphatic rings. The van der Waals surface area contributed by atoms with E-state index in [0.29, 0.717) is 0 Å². The van der Waals surface area contributed by atoms with Gasteiger partial charge in [0.15, 0.2) is 0 Å². The Balaban J connectivity index is 2.19. The summed E-state index contributed by atoms with van der Waals surface area (Å²) < 4.78 is 3.32. The zero-order chi connectivity index (χ0) is 13.1. The molecule has 2 aromatic heterocycles. The minimum atomic E-state index is 0.145. The van der Waals surface area contributed by atoms with Crippen LogP contribution in [0.25, 0.3) is 0 Å². The van der Waals surface area contributed by atoms with E-state index in [2.05, 4.69) is 57.6 Å². The molecule has 0 aliphatic heterocycles. The average Bonchev–Trinajstić information content (AvgIpc) is 2.92. The number of aryl methyl sites for hydroxylation is 2. The highest BCUT2D eigenvalue weighted by Gasteiger charge is 2.15. The van der Waals surface area contributed by atoms with Crippen LogP contribution in [0.3, 0.4) is 0 Å². The number of halogens is 1. The summed E-state index contributed by atoms with van der Waals surface area (Å²) in [5.41, 5.74) is 6.43. The van der Waals surface area contributed by atoms with E-state index in [1.807, 2.05) is 11.6 Å². The van der Waals surface area contributed by atoms with Crippen LogP contribution in [-0.4, -0.2) is 9.78 Å². The Morgan fingerprint density at radius 1 is 1.56 bits per heavy atom. The monoisotopic (exact) mass is 376 g/mol. The number of hydrogen-bond acceptors (Lipinski definition) is 4. The number of nitrogens with zero attached hydrogens (tertiary/aromatic N) is 2. The fourth-order valence-corrected chi connectivity index (χ4v) is 3.45. The molecule has 1 unspecified atom stereocenters. The molecule has 0 amide bonds. The summed E-state index contributed by atoms with van der Waals surface area (Å²) in [6, 6.07) is 4.45. The summed E-state index contributed by atoms with van der Waals surface area (Å²) >= 11 is 4.07. The molecule has 6 heteroatoms. The summed E-state index contributed by atoms with van der Waals surface area (Å²) in [5, 5.41) is 6.62. The molecular weight excluding hydrogens is 359 g/mol. The molecule has 0 radical (unpaired) electrons. The van der Waals surface area contributed by atoms with Crippen molar-refractivity contribution < 1.29 is 0 Å². The van der Waals surface area contributed by atoms with Crippen LogP contribution >= 0.6 is 33.9 Å². The number of nitrogens with two attached hydrogens (primary N) is 1. The van der Waals surface area contributed by atoms with Gasteiger partial charge < -0.3 is 0 Å². The third-order valence-electron chi connectivity index (χ3n) is 2.89. The number of thiophene rings is 1. The van der Waals surface area contributed by atoms with Crippen molar-refractivity contribution in [2.75, 3.05) is 0 Å². The van der Waals surface area contributed by atoms with Gasteiger partial charge in [-0.05, 0) is 59.5 Å². The van der Waals surface area contributed by atoms with Gasteiger partial charge in [-0.15, -0.1) is 11.3 Å². The Morgan fingerprint density at radius 3 is 2.89 bits per heavy atom. The van der Waals surface area contributed by atoms with E-state index in [0.717, 1.165) is 18.7 Å². The Hall–Kier alpha value is -0.440. The van der Waals surface area contributed by atoms with Gasteiger partial charge in [-0.2, -0.15) is 5.10 Å². The molecule has 0 aliphatic carbocycles. The Kier molecular flexibility index (Phi) is 4.77. The molecule has 2 heterocycles. The maximum Gasteiger partial charge on any atom is 0.0656 e. The number of nitrogens with one attached hydrogen (secondary N) is 1. The van der Waals surface area contributed by atoms with Crippen LogP contribution < -0.4 is 11.3 Å². The molecule has 0 saturated heterocycles. The summed E-state index contributed by atoms with van der Waals surface area (Å²) in [4.78, 5) is 0. The molecule has 98 valence electrons. The van der Waals surface area contributed by atoms with Crippen LogP contribution in [-0.2, 0) is 13.0 Å². The standard InChI is InChI=1S/C12H17IN4S/c1-3-17-10(4-8(2)16-17)6-11(15-14)9-5-12(13)18-7-9/h4-5,7,11,15H,3,6,14H2,1-2H3. The first-order chi connectivity index (χ1) is 8.63. The molecule has 4 nitrogen and oxygen atoms in total. The van der Waals surface area contributed by atoms with Crippen LogP contribution in [0.2, 0.25) is 0 Å². The molecule has 2 aromatic rings.